The molecule has 0 fully saturated rings. The average molecular weight is 281 g/mol. The van der Waals surface area contributed by atoms with Gasteiger partial charge in [-0.3, -0.25) is 0 Å². The number of ether oxygens (including phenoxy) is 3. The zero-order chi connectivity index (χ0) is 14.8. The highest BCUT2D eigenvalue weighted by atomic mass is 16.5. The van der Waals surface area contributed by atoms with Crippen molar-refractivity contribution in [1.29, 1.82) is 0 Å². The van der Waals surface area contributed by atoms with Gasteiger partial charge in [0.1, 0.15) is 0 Å². The average Bonchev–Trinajstić information content (AvgIpc) is 2.47. The van der Waals surface area contributed by atoms with E-state index in [0.29, 0.717) is 6.61 Å². The smallest absolute Gasteiger partial charge is 0.164 e. The van der Waals surface area contributed by atoms with Gasteiger partial charge in [-0.2, -0.15) is 0 Å². The van der Waals surface area contributed by atoms with Gasteiger partial charge in [-0.15, -0.1) is 0 Å². The van der Waals surface area contributed by atoms with Gasteiger partial charge in [0, 0.05) is 19.8 Å². The molecular formula is C16H27NO3. The number of benzene rings is 1. The van der Waals surface area contributed by atoms with Crippen molar-refractivity contribution in [3.8, 4) is 11.5 Å². The van der Waals surface area contributed by atoms with Crippen LogP contribution >= 0.6 is 0 Å². The zero-order valence-corrected chi connectivity index (χ0v) is 12.9. The number of rotatable bonds is 10. The summed E-state index contributed by atoms with van der Waals surface area (Å²) in [4.78, 5) is 0. The Hall–Kier alpha value is -1.26. The molecular weight excluding hydrogens is 254 g/mol. The maximum atomic E-state index is 6.05. The maximum Gasteiger partial charge on any atom is 0.164 e. The molecule has 0 aliphatic rings. The first-order chi connectivity index (χ1) is 9.72. The van der Waals surface area contributed by atoms with E-state index in [9.17, 15) is 0 Å². The van der Waals surface area contributed by atoms with Gasteiger partial charge >= 0.3 is 0 Å². The van der Waals surface area contributed by atoms with E-state index >= 15 is 0 Å². The van der Waals surface area contributed by atoms with Crippen LogP contribution in [-0.4, -0.2) is 33.5 Å². The van der Waals surface area contributed by atoms with Gasteiger partial charge in [-0.25, -0.2) is 0 Å². The Morgan fingerprint density at radius 2 is 1.90 bits per heavy atom. The Morgan fingerprint density at radius 1 is 1.15 bits per heavy atom. The summed E-state index contributed by atoms with van der Waals surface area (Å²) in [6.45, 7) is 3.52. The van der Waals surface area contributed by atoms with Gasteiger partial charge in [-0.05, 0) is 37.3 Å². The lowest BCUT2D eigenvalue weighted by Gasteiger charge is -2.17. The lowest BCUT2D eigenvalue weighted by atomic mass is 10.0. The fourth-order valence-electron chi connectivity index (χ4n) is 2.00. The number of nitrogens with two attached hydrogens (primary N) is 1. The van der Waals surface area contributed by atoms with Crippen LogP contribution in [0.3, 0.4) is 0 Å². The second kappa shape index (κ2) is 9.61. The predicted molar refractivity (Wildman–Crippen MR) is 81.6 cm³/mol. The quantitative estimate of drug-likeness (QED) is 0.670. The Labute approximate surface area is 122 Å². The van der Waals surface area contributed by atoms with Gasteiger partial charge in [0.2, 0.25) is 0 Å². The number of methoxy groups -OCH3 is 2. The van der Waals surface area contributed by atoms with Crippen LogP contribution in [0.25, 0.3) is 0 Å². The molecule has 0 aliphatic heterocycles. The topological polar surface area (TPSA) is 53.7 Å². The normalized spacial score (nSPS) is 12.2. The number of hydrogen-bond acceptors (Lipinski definition) is 4. The first-order valence-electron chi connectivity index (χ1n) is 7.26. The number of para-hydroxylation sites is 1. The summed E-state index contributed by atoms with van der Waals surface area (Å²) >= 11 is 0. The second-order valence-corrected chi connectivity index (χ2v) is 4.87. The highest BCUT2D eigenvalue weighted by Gasteiger charge is 2.12. The monoisotopic (exact) mass is 281 g/mol. The van der Waals surface area contributed by atoms with Crippen LogP contribution in [-0.2, 0) is 11.2 Å². The molecule has 4 heteroatoms. The van der Waals surface area contributed by atoms with Gasteiger partial charge in [0.25, 0.3) is 0 Å². The Bertz CT molecular complexity index is 382. The Morgan fingerprint density at radius 3 is 2.55 bits per heavy atom. The minimum Gasteiger partial charge on any atom is -0.493 e. The molecule has 0 spiro atoms. The molecule has 0 amide bonds. The third-order valence-corrected chi connectivity index (χ3v) is 3.28. The lowest BCUT2D eigenvalue weighted by molar-refractivity contribution is 0.183. The lowest BCUT2D eigenvalue weighted by Crippen LogP contribution is -2.22. The van der Waals surface area contributed by atoms with E-state index in [4.69, 9.17) is 19.9 Å². The molecule has 1 rings (SSSR count). The van der Waals surface area contributed by atoms with Crippen molar-refractivity contribution in [3.05, 3.63) is 23.8 Å². The third kappa shape index (κ3) is 5.39. The van der Waals surface area contributed by atoms with Crippen LogP contribution in [0.1, 0.15) is 31.7 Å². The molecule has 1 aromatic carbocycles. The van der Waals surface area contributed by atoms with Crippen molar-refractivity contribution in [1.82, 2.24) is 0 Å². The molecule has 0 aromatic heterocycles. The molecule has 2 N–H and O–H groups in total. The first kappa shape index (κ1) is 16.8. The molecule has 0 saturated carbocycles. The maximum absolute atomic E-state index is 6.05. The van der Waals surface area contributed by atoms with E-state index in [2.05, 4.69) is 13.0 Å². The van der Waals surface area contributed by atoms with Crippen molar-refractivity contribution in [2.45, 2.75) is 38.6 Å². The van der Waals surface area contributed by atoms with Crippen LogP contribution in [0, 0.1) is 0 Å². The minimum atomic E-state index is 0.151. The van der Waals surface area contributed by atoms with E-state index in [1.807, 2.05) is 12.1 Å². The van der Waals surface area contributed by atoms with Crippen LogP contribution in [0.5, 0.6) is 11.5 Å². The van der Waals surface area contributed by atoms with Gasteiger partial charge < -0.3 is 19.9 Å². The third-order valence-electron chi connectivity index (χ3n) is 3.28. The standard InChI is InChI=1S/C16H27NO3/c1-4-14(17)12-13-8-7-9-15(19-3)16(13)20-11-6-5-10-18-2/h7-9,14H,4-6,10-12,17H2,1-3H3. The fraction of sp³-hybridized carbons (Fsp3) is 0.625. The van der Waals surface area contributed by atoms with Crippen molar-refractivity contribution in [2.24, 2.45) is 5.73 Å². The van der Waals surface area contributed by atoms with Crippen molar-refractivity contribution in [3.63, 3.8) is 0 Å². The molecule has 0 saturated heterocycles. The Balaban J connectivity index is 2.68. The summed E-state index contributed by atoms with van der Waals surface area (Å²) in [6.07, 6.45) is 3.71. The molecule has 0 aliphatic carbocycles. The highest BCUT2D eigenvalue weighted by Crippen LogP contribution is 2.32. The molecule has 1 atom stereocenters. The van der Waals surface area contributed by atoms with Gasteiger partial charge in [0.15, 0.2) is 11.5 Å². The molecule has 114 valence electrons. The molecule has 1 aromatic rings. The van der Waals surface area contributed by atoms with E-state index in [-0.39, 0.29) is 6.04 Å². The minimum absolute atomic E-state index is 0.151. The summed E-state index contributed by atoms with van der Waals surface area (Å²) in [7, 11) is 3.38. The predicted octanol–water partition coefficient (Wildman–Crippen LogP) is 2.78. The van der Waals surface area contributed by atoms with E-state index in [1.54, 1.807) is 14.2 Å². The SMILES string of the molecule is CCC(N)Cc1cccc(OC)c1OCCCCOC. The van der Waals surface area contributed by atoms with Crippen molar-refractivity contribution < 1.29 is 14.2 Å². The second-order valence-electron chi connectivity index (χ2n) is 4.87. The van der Waals surface area contributed by atoms with Crippen LogP contribution in [0.4, 0.5) is 0 Å². The summed E-state index contributed by atoms with van der Waals surface area (Å²) in [5, 5.41) is 0. The fourth-order valence-corrected chi connectivity index (χ4v) is 2.00. The number of hydrogen-bond donors (Lipinski definition) is 1. The highest BCUT2D eigenvalue weighted by molar-refractivity contribution is 5.47. The van der Waals surface area contributed by atoms with E-state index < -0.39 is 0 Å². The van der Waals surface area contributed by atoms with Gasteiger partial charge in [-0.1, -0.05) is 19.1 Å². The molecule has 20 heavy (non-hydrogen) atoms. The zero-order valence-electron chi connectivity index (χ0n) is 12.9. The van der Waals surface area contributed by atoms with Gasteiger partial charge in [0.05, 0.1) is 13.7 Å². The summed E-state index contributed by atoms with van der Waals surface area (Å²) in [5.74, 6) is 1.61. The largest absolute Gasteiger partial charge is 0.493 e. The number of unbranched alkanes of at least 4 members (excludes halogenated alkanes) is 1. The Kier molecular flexibility index (Phi) is 8.07. The van der Waals surface area contributed by atoms with E-state index in [0.717, 1.165) is 49.4 Å². The summed E-state index contributed by atoms with van der Waals surface area (Å²) in [6, 6.07) is 6.11. The van der Waals surface area contributed by atoms with Crippen LogP contribution in [0.2, 0.25) is 0 Å². The molecule has 0 radical (unpaired) electrons. The first-order valence-corrected chi connectivity index (χ1v) is 7.26. The van der Waals surface area contributed by atoms with Crippen LogP contribution in [0.15, 0.2) is 18.2 Å². The van der Waals surface area contributed by atoms with Crippen molar-refractivity contribution >= 4 is 0 Å². The molecule has 4 nitrogen and oxygen atoms in total. The molecule has 0 bridgehead atoms. The summed E-state index contributed by atoms with van der Waals surface area (Å²) < 4.78 is 16.3. The van der Waals surface area contributed by atoms with E-state index in [1.165, 1.54) is 0 Å². The van der Waals surface area contributed by atoms with Crippen LogP contribution < -0.4 is 15.2 Å². The molecule has 1 unspecified atom stereocenters. The van der Waals surface area contributed by atoms with Crippen molar-refractivity contribution in [2.75, 3.05) is 27.4 Å². The molecule has 0 heterocycles. The summed E-state index contributed by atoms with van der Waals surface area (Å²) in [5.41, 5.74) is 7.16.